The molecule has 0 atom stereocenters. The highest BCUT2D eigenvalue weighted by Crippen LogP contribution is 2.43. The Morgan fingerprint density at radius 1 is 0.765 bits per heavy atom. The van der Waals surface area contributed by atoms with Crippen LogP contribution in [0.4, 0.5) is 0 Å². The van der Waals surface area contributed by atoms with Gasteiger partial charge in [-0.2, -0.15) is 0 Å². The second-order valence-electron chi connectivity index (χ2n) is 6.35. The Bertz CT molecular complexity index is 166. The van der Waals surface area contributed by atoms with Gasteiger partial charge >= 0.3 is 0 Å². The third-order valence-corrected chi connectivity index (χ3v) is 5.08. The maximum absolute atomic E-state index is 2.35. The van der Waals surface area contributed by atoms with Gasteiger partial charge in [0.15, 0.2) is 0 Å². The molecule has 99 valence electrons. The first-order valence-corrected chi connectivity index (χ1v) is 8.27. The number of hydrogen-bond donors (Lipinski definition) is 0. The van der Waals surface area contributed by atoms with E-state index >= 15 is 0 Å². The molecule has 1 radical (unpaired) electrons. The van der Waals surface area contributed by atoms with E-state index in [0.29, 0.717) is 0 Å². The Morgan fingerprint density at radius 2 is 1.24 bits per heavy atom. The molecule has 0 unspecified atom stereocenters. The second-order valence-corrected chi connectivity index (χ2v) is 6.35. The van der Waals surface area contributed by atoms with Gasteiger partial charge in [-0.3, -0.25) is 0 Å². The molecule has 0 aromatic heterocycles. The molecule has 17 heavy (non-hydrogen) atoms. The molecule has 0 saturated heterocycles. The van der Waals surface area contributed by atoms with Gasteiger partial charge in [0.2, 0.25) is 0 Å². The van der Waals surface area contributed by atoms with Crippen LogP contribution in [0.5, 0.6) is 0 Å². The van der Waals surface area contributed by atoms with Crippen molar-refractivity contribution in [3.63, 3.8) is 0 Å². The van der Waals surface area contributed by atoms with Gasteiger partial charge in [-0.05, 0) is 49.9 Å². The highest BCUT2D eigenvalue weighted by Gasteiger charge is 2.31. The van der Waals surface area contributed by atoms with Crippen LogP contribution in [0.2, 0.25) is 0 Å². The Hall–Kier alpha value is 0. The Morgan fingerprint density at radius 3 is 1.65 bits per heavy atom. The summed E-state index contributed by atoms with van der Waals surface area (Å²) in [5.41, 5.74) is 0. The third-order valence-electron chi connectivity index (χ3n) is 5.08. The van der Waals surface area contributed by atoms with Crippen molar-refractivity contribution in [3.05, 3.63) is 5.92 Å². The third kappa shape index (κ3) is 4.00. The Labute approximate surface area is 109 Å². The maximum Gasteiger partial charge on any atom is -0.0179 e. The zero-order valence-electron chi connectivity index (χ0n) is 11.8. The lowest BCUT2D eigenvalue weighted by Crippen LogP contribution is -2.25. The predicted octanol–water partition coefficient (Wildman–Crippen LogP) is 5.91. The molecule has 2 rings (SSSR count). The van der Waals surface area contributed by atoms with Crippen molar-refractivity contribution in [3.8, 4) is 0 Å². The van der Waals surface area contributed by atoms with Crippen LogP contribution in [0.15, 0.2) is 0 Å². The van der Waals surface area contributed by atoms with Crippen molar-refractivity contribution in [2.75, 3.05) is 0 Å². The van der Waals surface area contributed by atoms with E-state index in [0.717, 1.165) is 11.8 Å². The van der Waals surface area contributed by atoms with Gasteiger partial charge < -0.3 is 0 Å². The zero-order valence-corrected chi connectivity index (χ0v) is 11.8. The molecule has 0 spiro atoms. The van der Waals surface area contributed by atoms with Gasteiger partial charge in [0, 0.05) is 0 Å². The normalized spacial score (nSPS) is 24.4. The molecule has 2 aliphatic rings. The van der Waals surface area contributed by atoms with Crippen LogP contribution in [-0.4, -0.2) is 0 Å². The van der Waals surface area contributed by atoms with Crippen LogP contribution in [-0.2, 0) is 0 Å². The fraction of sp³-hybridized carbons (Fsp3) is 0.941. The van der Waals surface area contributed by atoms with Crippen molar-refractivity contribution in [1.82, 2.24) is 0 Å². The van der Waals surface area contributed by atoms with Crippen LogP contribution in [0.3, 0.4) is 0 Å². The predicted molar refractivity (Wildman–Crippen MR) is 75.9 cm³/mol. The molecular weight excluding hydrogens is 204 g/mol. The van der Waals surface area contributed by atoms with E-state index in [2.05, 4.69) is 6.92 Å². The minimum Gasteiger partial charge on any atom is -0.0654 e. The minimum absolute atomic E-state index is 1.03. The highest BCUT2D eigenvalue weighted by molar-refractivity contribution is 5.03. The molecule has 0 heterocycles. The summed E-state index contributed by atoms with van der Waals surface area (Å²) in [5, 5.41) is 0. The van der Waals surface area contributed by atoms with Crippen LogP contribution in [0.1, 0.15) is 90.4 Å². The van der Waals surface area contributed by atoms with E-state index in [1.807, 2.05) is 5.92 Å². The summed E-state index contributed by atoms with van der Waals surface area (Å²) in [4.78, 5) is 0. The summed E-state index contributed by atoms with van der Waals surface area (Å²) < 4.78 is 0. The van der Waals surface area contributed by atoms with E-state index < -0.39 is 0 Å². The highest BCUT2D eigenvalue weighted by atomic mass is 14.4. The number of hydrogen-bond acceptors (Lipinski definition) is 0. The average Bonchev–Trinajstić information content (AvgIpc) is 2.42. The van der Waals surface area contributed by atoms with Gasteiger partial charge in [-0.1, -0.05) is 58.3 Å². The lowest BCUT2D eigenvalue weighted by molar-refractivity contribution is 0.262. The summed E-state index contributed by atoms with van der Waals surface area (Å²) >= 11 is 0. The average molecular weight is 235 g/mol. The van der Waals surface area contributed by atoms with Crippen LogP contribution in [0, 0.1) is 17.8 Å². The maximum atomic E-state index is 2.35. The largest absolute Gasteiger partial charge is 0.0654 e. The van der Waals surface area contributed by atoms with E-state index in [4.69, 9.17) is 0 Å². The van der Waals surface area contributed by atoms with Crippen molar-refractivity contribution in [2.45, 2.75) is 90.4 Å². The van der Waals surface area contributed by atoms with Gasteiger partial charge in [0.25, 0.3) is 0 Å². The van der Waals surface area contributed by atoms with E-state index in [-0.39, 0.29) is 0 Å². The smallest absolute Gasteiger partial charge is 0.0179 e. The fourth-order valence-corrected chi connectivity index (χ4v) is 4.07. The van der Waals surface area contributed by atoms with Gasteiger partial charge in [0.05, 0.1) is 0 Å². The molecular formula is C17H31. The van der Waals surface area contributed by atoms with Gasteiger partial charge in [-0.15, -0.1) is 0 Å². The monoisotopic (exact) mass is 235 g/mol. The molecule has 0 N–H and O–H groups in total. The summed E-state index contributed by atoms with van der Waals surface area (Å²) in [7, 11) is 0. The number of unbranched alkanes of at least 4 members (excludes halogenated alkanes) is 1. The SMILES string of the molecule is CCCC[C](C1CCCCC1)C1CCCCC1. The standard InChI is InChI=1S/C17H31/c1-2-3-14-17(15-10-6-4-7-11-15)16-12-8-5-9-13-16/h15-16H,2-14H2,1H3. The molecule has 2 saturated carbocycles. The summed E-state index contributed by atoms with van der Waals surface area (Å²) in [6, 6.07) is 0. The zero-order chi connectivity index (χ0) is 11.9. The van der Waals surface area contributed by atoms with Crippen LogP contribution < -0.4 is 0 Å². The molecule has 0 amide bonds. The summed E-state index contributed by atoms with van der Waals surface area (Å²) in [6.45, 7) is 2.35. The first-order chi connectivity index (χ1) is 8.42. The van der Waals surface area contributed by atoms with Gasteiger partial charge in [-0.25, -0.2) is 0 Å². The lowest BCUT2D eigenvalue weighted by Gasteiger charge is -2.37. The Kier molecular flexibility index (Phi) is 5.88. The summed E-state index contributed by atoms with van der Waals surface area (Å²) in [6.07, 6.45) is 19.4. The van der Waals surface area contributed by atoms with E-state index in [9.17, 15) is 0 Å². The summed E-state index contributed by atoms with van der Waals surface area (Å²) in [5.74, 6) is 4.07. The molecule has 0 aliphatic heterocycles. The lowest BCUT2D eigenvalue weighted by atomic mass is 9.68. The molecule has 2 fully saturated rings. The molecule has 0 bridgehead atoms. The second kappa shape index (κ2) is 7.44. The minimum atomic E-state index is 1.03. The quantitative estimate of drug-likeness (QED) is 0.555. The van der Waals surface area contributed by atoms with Gasteiger partial charge in [0.1, 0.15) is 0 Å². The van der Waals surface area contributed by atoms with Crippen molar-refractivity contribution < 1.29 is 0 Å². The molecule has 0 nitrogen and oxygen atoms in total. The molecule has 0 aromatic rings. The van der Waals surface area contributed by atoms with Crippen molar-refractivity contribution >= 4 is 0 Å². The molecule has 0 heteroatoms. The molecule has 2 aliphatic carbocycles. The van der Waals surface area contributed by atoms with E-state index in [1.54, 1.807) is 0 Å². The number of rotatable bonds is 5. The Balaban J connectivity index is 1.90. The van der Waals surface area contributed by atoms with Crippen molar-refractivity contribution in [1.29, 1.82) is 0 Å². The molecule has 0 aromatic carbocycles. The van der Waals surface area contributed by atoms with E-state index in [1.165, 1.54) is 83.5 Å². The van der Waals surface area contributed by atoms with Crippen LogP contribution >= 0.6 is 0 Å². The van der Waals surface area contributed by atoms with Crippen LogP contribution in [0.25, 0.3) is 0 Å². The first kappa shape index (κ1) is 13.4. The first-order valence-electron chi connectivity index (χ1n) is 8.27. The topological polar surface area (TPSA) is 0 Å². The van der Waals surface area contributed by atoms with Crippen molar-refractivity contribution in [2.24, 2.45) is 11.8 Å². The fourth-order valence-electron chi connectivity index (χ4n) is 4.07.